The van der Waals surface area contributed by atoms with Crippen LogP contribution in [0, 0.1) is 11.8 Å². The molecule has 0 bridgehead atoms. The molecule has 16 heavy (non-hydrogen) atoms. The first-order valence-electron chi connectivity index (χ1n) is 6.68. The highest BCUT2D eigenvalue weighted by molar-refractivity contribution is 5.85. The molecule has 92 valence electrons. The van der Waals surface area contributed by atoms with E-state index >= 15 is 0 Å². The van der Waals surface area contributed by atoms with Crippen LogP contribution in [0.3, 0.4) is 0 Å². The molecule has 3 heteroatoms. The molecule has 1 amide bonds. The lowest BCUT2D eigenvalue weighted by atomic mass is 9.99. The highest BCUT2D eigenvalue weighted by Crippen LogP contribution is 2.39. The Hall–Kier alpha value is -0.570. The van der Waals surface area contributed by atoms with Gasteiger partial charge in [0.25, 0.3) is 0 Å². The van der Waals surface area contributed by atoms with Gasteiger partial charge in [-0.15, -0.1) is 0 Å². The number of hydrogen-bond donors (Lipinski definition) is 1. The van der Waals surface area contributed by atoms with Crippen molar-refractivity contribution in [1.29, 1.82) is 0 Å². The minimum Gasteiger partial charge on any atom is -0.323 e. The zero-order valence-electron chi connectivity index (χ0n) is 10.9. The van der Waals surface area contributed by atoms with E-state index in [2.05, 4.69) is 37.9 Å². The van der Waals surface area contributed by atoms with Gasteiger partial charge in [0, 0.05) is 6.04 Å². The van der Waals surface area contributed by atoms with Crippen molar-refractivity contribution < 1.29 is 4.79 Å². The summed E-state index contributed by atoms with van der Waals surface area (Å²) >= 11 is 0. The topological polar surface area (TPSA) is 32.3 Å². The van der Waals surface area contributed by atoms with Crippen LogP contribution in [0.1, 0.15) is 47.0 Å². The van der Waals surface area contributed by atoms with E-state index in [1.54, 1.807) is 0 Å². The summed E-state index contributed by atoms with van der Waals surface area (Å²) in [6.45, 7) is 8.72. The third-order valence-electron chi connectivity index (χ3n) is 4.25. The normalized spacial score (nSPS) is 40.2. The van der Waals surface area contributed by atoms with Crippen LogP contribution in [0.25, 0.3) is 0 Å². The van der Waals surface area contributed by atoms with Crippen molar-refractivity contribution in [2.45, 2.75) is 65.2 Å². The summed E-state index contributed by atoms with van der Waals surface area (Å²) in [5, 5.41) is 3.51. The first-order valence-corrected chi connectivity index (χ1v) is 6.68. The Morgan fingerprint density at radius 2 is 2.12 bits per heavy atom. The van der Waals surface area contributed by atoms with Crippen molar-refractivity contribution in [3.63, 3.8) is 0 Å². The molecule has 1 saturated heterocycles. The molecule has 5 unspecified atom stereocenters. The number of nitrogens with zero attached hydrogens (tertiary/aromatic N) is 1. The number of hydrogen-bond acceptors (Lipinski definition) is 2. The summed E-state index contributed by atoms with van der Waals surface area (Å²) in [6.07, 6.45) is 3.55. The highest BCUT2D eigenvalue weighted by atomic mass is 16.2. The molecule has 2 rings (SSSR count). The largest absolute Gasteiger partial charge is 0.323 e. The molecule has 2 fully saturated rings. The fraction of sp³-hybridized carbons (Fsp3) is 0.923. The second-order valence-electron chi connectivity index (χ2n) is 5.48. The standard InChI is InChI=1S/C13H24N2O/c1-5-8(3)12-13(16)15(10-7-9(10)4)11(6-2)14-12/h8-12,14H,5-7H2,1-4H3. The van der Waals surface area contributed by atoms with Gasteiger partial charge in [-0.25, -0.2) is 0 Å². The Kier molecular flexibility index (Phi) is 3.24. The van der Waals surface area contributed by atoms with Crippen LogP contribution >= 0.6 is 0 Å². The summed E-state index contributed by atoms with van der Waals surface area (Å²) < 4.78 is 0. The number of carbonyl (C=O) groups is 1. The SMILES string of the molecule is CCC(C)C1NC(CC)N(C2CC2C)C1=O. The summed E-state index contributed by atoms with van der Waals surface area (Å²) in [5.74, 6) is 1.49. The fourth-order valence-electron chi connectivity index (χ4n) is 2.72. The number of rotatable bonds is 4. The zero-order chi connectivity index (χ0) is 11.9. The maximum atomic E-state index is 12.4. The number of amides is 1. The van der Waals surface area contributed by atoms with E-state index in [1.807, 2.05) is 0 Å². The van der Waals surface area contributed by atoms with Crippen molar-refractivity contribution in [1.82, 2.24) is 10.2 Å². The fourth-order valence-corrected chi connectivity index (χ4v) is 2.72. The second kappa shape index (κ2) is 4.36. The van der Waals surface area contributed by atoms with Gasteiger partial charge in [0.15, 0.2) is 0 Å². The maximum absolute atomic E-state index is 12.4. The summed E-state index contributed by atoms with van der Waals surface area (Å²) in [7, 11) is 0. The molecule has 0 aromatic rings. The van der Waals surface area contributed by atoms with Crippen molar-refractivity contribution in [3.05, 3.63) is 0 Å². The lowest BCUT2D eigenvalue weighted by molar-refractivity contribution is -0.131. The van der Waals surface area contributed by atoms with Gasteiger partial charge in [-0.1, -0.05) is 34.1 Å². The van der Waals surface area contributed by atoms with Crippen LogP contribution in [-0.4, -0.2) is 29.1 Å². The van der Waals surface area contributed by atoms with Crippen LogP contribution in [0.5, 0.6) is 0 Å². The molecule has 1 heterocycles. The average molecular weight is 224 g/mol. The van der Waals surface area contributed by atoms with Gasteiger partial charge >= 0.3 is 0 Å². The molecule has 0 spiro atoms. The zero-order valence-corrected chi connectivity index (χ0v) is 10.9. The Morgan fingerprint density at radius 1 is 1.50 bits per heavy atom. The minimum atomic E-state index is 0.0581. The lowest BCUT2D eigenvalue weighted by Gasteiger charge is -2.23. The van der Waals surface area contributed by atoms with Crippen LogP contribution in [0.15, 0.2) is 0 Å². The second-order valence-corrected chi connectivity index (χ2v) is 5.48. The van der Waals surface area contributed by atoms with Gasteiger partial charge in [0.1, 0.15) is 0 Å². The van der Waals surface area contributed by atoms with E-state index in [9.17, 15) is 4.79 Å². The molecule has 1 aliphatic heterocycles. The summed E-state index contributed by atoms with van der Waals surface area (Å²) in [4.78, 5) is 14.5. The smallest absolute Gasteiger partial charge is 0.241 e. The van der Waals surface area contributed by atoms with E-state index in [-0.39, 0.29) is 12.2 Å². The molecule has 2 aliphatic rings. The minimum absolute atomic E-state index is 0.0581. The van der Waals surface area contributed by atoms with Crippen LogP contribution in [0.2, 0.25) is 0 Å². The Bertz CT molecular complexity index is 279. The molecular formula is C13H24N2O. The third-order valence-corrected chi connectivity index (χ3v) is 4.25. The van der Waals surface area contributed by atoms with E-state index < -0.39 is 0 Å². The van der Waals surface area contributed by atoms with Gasteiger partial charge in [-0.05, 0) is 24.7 Å². The maximum Gasteiger partial charge on any atom is 0.241 e. The molecule has 0 aromatic heterocycles. The quantitative estimate of drug-likeness (QED) is 0.792. The van der Waals surface area contributed by atoms with Gasteiger partial charge in [-0.3, -0.25) is 10.1 Å². The first kappa shape index (κ1) is 11.9. The van der Waals surface area contributed by atoms with Crippen molar-refractivity contribution in [2.24, 2.45) is 11.8 Å². The van der Waals surface area contributed by atoms with Crippen molar-refractivity contribution in [3.8, 4) is 0 Å². The van der Waals surface area contributed by atoms with Crippen LogP contribution < -0.4 is 5.32 Å². The van der Waals surface area contributed by atoms with E-state index in [0.717, 1.165) is 12.8 Å². The van der Waals surface area contributed by atoms with Crippen molar-refractivity contribution >= 4 is 5.91 Å². The highest BCUT2D eigenvalue weighted by Gasteiger charge is 2.49. The average Bonchev–Trinajstić information content (AvgIpc) is 2.88. The van der Waals surface area contributed by atoms with Gasteiger partial charge < -0.3 is 4.90 Å². The predicted octanol–water partition coefficient (Wildman–Crippen LogP) is 1.98. The van der Waals surface area contributed by atoms with Crippen molar-refractivity contribution in [2.75, 3.05) is 0 Å². The van der Waals surface area contributed by atoms with E-state index in [0.29, 0.717) is 23.8 Å². The molecule has 1 N–H and O–H groups in total. The molecular weight excluding hydrogens is 200 g/mol. The van der Waals surface area contributed by atoms with Crippen LogP contribution in [0.4, 0.5) is 0 Å². The Morgan fingerprint density at radius 3 is 2.56 bits per heavy atom. The molecule has 1 saturated carbocycles. The predicted molar refractivity (Wildman–Crippen MR) is 64.9 cm³/mol. The molecule has 3 nitrogen and oxygen atoms in total. The molecule has 0 radical (unpaired) electrons. The lowest BCUT2D eigenvalue weighted by Crippen LogP contribution is -2.39. The molecule has 5 atom stereocenters. The third kappa shape index (κ3) is 1.86. The molecule has 0 aromatic carbocycles. The van der Waals surface area contributed by atoms with Gasteiger partial charge in [0.05, 0.1) is 12.2 Å². The molecule has 1 aliphatic carbocycles. The number of carbonyl (C=O) groups excluding carboxylic acids is 1. The number of nitrogens with one attached hydrogen (secondary N) is 1. The monoisotopic (exact) mass is 224 g/mol. The Balaban J connectivity index is 2.09. The van der Waals surface area contributed by atoms with Crippen LogP contribution in [-0.2, 0) is 4.79 Å². The Labute approximate surface area is 98.6 Å². The van der Waals surface area contributed by atoms with Gasteiger partial charge in [-0.2, -0.15) is 0 Å². The van der Waals surface area contributed by atoms with E-state index in [4.69, 9.17) is 0 Å². The van der Waals surface area contributed by atoms with Gasteiger partial charge in [0.2, 0.25) is 5.91 Å². The summed E-state index contributed by atoms with van der Waals surface area (Å²) in [6, 6.07) is 0.571. The van der Waals surface area contributed by atoms with E-state index in [1.165, 1.54) is 6.42 Å². The summed E-state index contributed by atoms with van der Waals surface area (Å²) in [5.41, 5.74) is 0. The first-order chi connectivity index (χ1) is 7.60.